The maximum absolute atomic E-state index is 9.86. The van der Waals surface area contributed by atoms with Crippen molar-refractivity contribution in [2.24, 2.45) is 0 Å². The number of rotatable bonds is 4. The van der Waals surface area contributed by atoms with Crippen molar-refractivity contribution in [3.05, 3.63) is 151 Å². The van der Waals surface area contributed by atoms with E-state index in [0.29, 0.717) is 0 Å². The molecule has 9 rings (SSSR count). The van der Waals surface area contributed by atoms with Crippen LogP contribution in [0.2, 0.25) is 0 Å². The van der Waals surface area contributed by atoms with Gasteiger partial charge in [-0.05, 0) is 36.3 Å². The Balaban J connectivity index is 1.54. The van der Waals surface area contributed by atoms with Gasteiger partial charge in [-0.3, -0.25) is 9.55 Å². The normalized spacial score (nSPS) is 18.3. The Morgan fingerprint density at radius 3 is 1.91 bits per heavy atom. The third-order valence-corrected chi connectivity index (χ3v) is 7.01. The van der Waals surface area contributed by atoms with Gasteiger partial charge in [0.25, 0.3) is 0 Å². The molecule has 0 saturated carbocycles. The minimum atomic E-state index is -0.807. The van der Waals surface area contributed by atoms with Gasteiger partial charge in [0, 0.05) is 39.5 Å². The molecule has 0 radical (unpaired) electrons. The summed E-state index contributed by atoms with van der Waals surface area (Å²) in [7, 11) is 0. The van der Waals surface area contributed by atoms with Crippen LogP contribution in [0.4, 0.5) is 0 Å². The molecular formula is C39H25N5. The van der Waals surface area contributed by atoms with Crippen LogP contribution in [-0.4, -0.2) is 24.1 Å². The fourth-order valence-electron chi connectivity index (χ4n) is 5.22. The predicted octanol–water partition coefficient (Wildman–Crippen LogP) is 9.40. The standard InChI is InChI=1S/C39H25N5/c1-2-13-26(14-3-1)39-41-31(25-37(42-39)44-32-19-8-4-15-27(32)28-16-5-9-20-33(28)44)29-17-6-10-21-34(29)43-35-22-11-7-18-30(35)38-36(43)23-12-24-40-38/h1-25H/i1D,2D,3D,4D,5D,7D,8D,9D,11D,12D,13D,14D,15D,16D,18D,19D,20D,22D,23D,24D,25D. The van der Waals surface area contributed by atoms with E-state index in [4.69, 9.17) is 27.4 Å². The average Bonchev–Trinajstić information content (AvgIpc) is 3.83. The molecule has 0 bridgehead atoms. The summed E-state index contributed by atoms with van der Waals surface area (Å²) in [6, 6.07) is -8.80. The molecule has 4 heterocycles. The minimum Gasteiger partial charge on any atom is -0.307 e. The first kappa shape index (κ1) is 11.5. The number of fused-ring (bicyclic) bond motifs is 6. The fourth-order valence-corrected chi connectivity index (χ4v) is 5.22. The van der Waals surface area contributed by atoms with Gasteiger partial charge in [0.1, 0.15) is 5.82 Å². The van der Waals surface area contributed by atoms with Crippen molar-refractivity contribution < 1.29 is 28.8 Å². The van der Waals surface area contributed by atoms with Crippen LogP contribution in [0.1, 0.15) is 28.8 Å². The Kier molecular flexibility index (Phi) is 2.56. The molecule has 0 aliphatic heterocycles. The number of hydrogen-bond acceptors (Lipinski definition) is 3. The van der Waals surface area contributed by atoms with Crippen molar-refractivity contribution in [2.45, 2.75) is 0 Å². The summed E-state index contributed by atoms with van der Waals surface area (Å²) in [5.74, 6) is -1.31. The molecule has 0 fully saturated rings. The Labute approximate surface area is 282 Å². The van der Waals surface area contributed by atoms with Crippen molar-refractivity contribution >= 4 is 43.7 Å². The van der Waals surface area contributed by atoms with Crippen LogP contribution < -0.4 is 0 Å². The summed E-state index contributed by atoms with van der Waals surface area (Å²) < 4.78 is 186. The van der Waals surface area contributed by atoms with Gasteiger partial charge in [0.05, 0.1) is 67.8 Å². The van der Waals surface area contributed by atoms with Crippen LogP contribution in [0, 0.1) is 0 Å². The van der Waals surface area contributed by atoms with E-state index in [-0.39, 0.29) is 44.0 Å². The van der Waals surface area contributed by atoms with Crippen LogP contribution in [0.3, 0.4) is 0 Å². The van der Waals surface area contributed by atoms with Gasteiger partial charge in [-0.25, -0.2) is 9.97 Å². The maximum atomic E-state index is 9.86. The lowest BCUT2D eigenvalue weighted by molar-refractivity contribution is 1.04. The number of pyridine rings is 1. The predicted molar refractivity (Wildman–Crippen MR) is 179 cm³/mol. The lowest BCUT2D eigenvalue weighted by Gasteiger charge is -2.16. The molecule has 206 valence electrons. The minimum absolute atomic E-state index is 0.0822. The van der Waals surface area contributed by atoms with E-state index in [1.165, 1.54) is 28.8 Å². The Morgan fingerprint density at radius 1 is 0.545 bits per heavy atom. The Bertz CT molecular complexity index is 3590. The van der Waals surface area contributed by atoms with Gasteiger partial charge in [0.2, 0.25) is 0 Å². The van der Waals surface area contributed by atoms with Crippen molar-refractivity contribution in [1.82, 2.24) is 24.1 Å². The SMILES string of the molecule is [2H]c1nc2c3c([2H])c([2H])c([2H])c([2H])c3n(-c3ccccc3-c3nc(-c4c([2H])c([2H])c([2H])c([2H])c4[2H])nc(-n4c5c([2H])c([2H])c([2H])c([2H])c5c5c([2H])c([2H])c([2H])c([2H])c54)c3[2H])c2c([2H])c1[2H]. The van der Waals surface area contributed by atoms with E-state index in [0.717, 1.165) is 4.57 Å². The molecule has 0 aliphatic carbocycles. The number of aromatic nitrogens is 5. The second kappa shape index (κ2) is 9.75. The number of nitrogens with zero attached hydrogens (tertiary/aromatic N) is 5. The van der Waals surface area contributed by atoms with Gasteiger partial charge in [-0.2, -0.15) is 0 Å². The molecule has 0 aliphatic rings. The van der Waals surface area contributed by atoms with Crippen LogP contribution in [0.5, 0.6) is 0 Å². The molecule has 5 nitrogen and oxygen atoms in total. The fraction of sp³-hybridized carbons (Fsp3) is 0. The van der Waals surface area contributed by atoms with Crippen LogP contribution in [0.15, 0.2) is 151 Å². The summed E-state index contributed by atoms with van der Waals surface area (Å²) in [6.07, 6.45) is -0.665. The molecule has 0 saturated heterocycles. The molecule has 0 spiro atoms. The van der Waals surface area contributed by atoms with E-state index in [9.17, 15) is 1.37 Å². The maximum Gasteiger partial charge on any atom is 0.162 e. The lowest BCUT2D eigenvalue weighted by atomic mass is 10.1. The summed E-state index contributed by atoms with van der Waals surface area (Å²) in [6.45, 7) is 0. The van der Waals surface area contributed by atoms with E-state index >= 15 is 0 Å². The highest BCUT2D eigenvalue weighted by molar-refractivity contribution is 6.09. The summed E-state index contributed by atoms with van der Waals surface area (Å²) in [4.78, 5) is 13.3. The van der Waals surface area contributed by atoms with E-state index in [1.54, 1.807) is 0 Å². The molecule has 0 N–H and O–H groups in total. The van der Waals surface area contributed by atoms with Gasteiger partial charge in [0.15, 0.2) is 5.82 Å². The zero-order valence-corrected chi connectivity index (χ0v) is 22.0. The van der Waals surface area contributed by atoms with Crippen LogP contribution >= 0.6 is 0 Å². The van der Waals surface area contributed by atoms with Gasteiger partial charge < -0.3 is 4.57 Å². The number of benzene rings is 5. The number of hydrogen-bond donors (Lipinski definition) is 0. The number of para-hydroxylation sites is 4. The third kappa shape index (κ3) is 3.69. The molecule has 44 heavy (non-hydrogen) atoms. The van der Waals surface area contributed by atoms with Crippen molar-refractivity contribution in [3.63, 3.8) is 0 Å². The topological polar surface area (TPSA) is 48.5 Å². The monoisotopic (exact) mass is 584 g/mol. The molecule has 4 aromatic heterocycles. The highest BCUT2D eigenvalue weighted by atomic mass is 15.1. The Hall–Kier alpha value is -6.07. The first-order valence-corrected chi connectivity index (χ1v) is 13.0. The van der Waals surface area contributed by atoms with Gasteiger partial charge >= 0.3 is 0 Å². The molecule has 0 atom stereocenters. The van der Waals surface area contributed by atoms with Crippen LogP contribution in [-0.2, 0) is 0 Å². The van der Waals surface area contributed by atoms with Gasteiger partial charge in [-0.15, -0.1) is 0 Å². The average molecular weight is 585 g/mol. The highest BCUT2D eigenvalue weighted by Gasteiger charge is 2.20. The molecule has 0 unspecified atom stereocenters. The van der Waals surface area contributed by atoms with Crippen molar-refractivity contribution in [2.75, 3.05) is 0 Å². The molecular weight excluding hydrogens is 538 g/mol. The highest BCUT2D eigenvalue weighted by Crippen LogP contribution is 2.37. The molecule has 9 aromatic rings. The first-order valence-electron chi connectivity index (χ1n) is 23.5. The molecule has 5 heteroatoms. The molecule has 0 amide bonds. The second-order valence-electron chi connectivity index (χ2n) is 9.37. The smallest absolute Gasteiger partial charge is 0.162 e. The Morgan fingerprint density at radius 2 is 1.16 bits per heavy atom. The summed E-state index contributed by atoms with van der Waals surface area (Å²) in [5, 5.41) is -0.972. The van der Waals surface area contributed by atoms with Crippen LogP contribution in [0.25, 0.3) is 77.9 Å². The van der Waals surface area contributed by atoms with Crippen molar-refractivity contribution in [1.29, 1.82) is 0 Å². The van der Waals surface area contributed by atoms with Gasteiger partial charge in [-0.1, -0.05) is 103 Å². The molecule has 5 aromatic carbocycles. The largest absolute Gasteiger partial charge is 0.307 e. The van der Waals surface area contributed by atoms with Crippen molar-refractivity contribution in [3.8, 4) is 34.2 Å². The second-order valence-corrected chi connectivity index (χ2v) is 9.37. The third-order valence-electron chi connectivity index (χ3n) is 7.01. The van der Waals surface area contributed by atoms with E-state index in [1.807, 2.05) is 0 Å². The summed E-state index contributed by atoms with van der Waals surface area (Å²) >= 11 is 0. The quantitative estimate of drug-likeness (QED) is 0.207. The summed E-state index contributed by atoms with van der Waals surface area (Å²) in [5.41, 5.74) is -2.94. The van der Waals surface area contributed by atoms with E-state index < -0.39 is 161 Å². The zero-order chi connectivity index (χ0) is 47.3. The zero-order valence-electron chi connectivity index (χ0n) is 43.0. The first-order chi connectivity index (χ1) is 30.6. The lowest BCUT2D eigenvalue weighted by Crippen LogP contribution is -2.04. The van der Waals surface area contributed by atoms with E-state index in [2.05, 4.69) is 15.0 Å².